The molecule has 0 unspecified atom stereocenters. The van der Waals surface area contributed by atoms with Gasteiger partial charge in [0.1, 0.15) is 24.9 Å². The molecule has 0 amide bonds. The van der Waals surface area contributed by atoms with Crippen LogP contribution in [0, 0.1) is 0 Å². The Balaban J connectivity index is 2.05. The zero-order valence-electron chi connectivity index (χ0n) is 16.0. The van der Waals surface area contributed by atoms with Crippen LogP contribution in [-0.4, -0.2) is 27.9 Å². The average Bonchev–Trinajstić information content (AvgIpc) is 2.96. The Morgan fingerprint density at radius 2 is 1.50 bits per heavy atom. The Morgan fingerprint density at radius 1 is 0.893 bits per heavy atom. The van der Waals surface area contributed by atoms with Gasteiger partial charge in [0, 0.05) is 23.6 Å². The molecule has 0 aliphatic carbocycles. The van der Waals surface area contributed by atoms with Crippen molar-refractivity contribution in [3.63, 3.8) is 0 Å². The van der Waals surface area contributed by atoms with Crippen molar-refractivity contribution >= 4 is 35.0 Å². The van der Waals surface area contributed by atoms with Crippen LogP contribution >= 0.6 is 7.14 Å². The summed E-state index contributed by atoms with van der Waals surface area (Å²) < 4.78 is 14.4. The lowest BCUT2D eigenvalue weighted by atomic mass is 9.99. The van der Waals surface area contributed by atoms with Crippen molar-refractivity contribution in [3.8, 4) is 22.4 Å². The van der Waals surface area contributed by atoms with Gasteiger partial charge in [0.25, 0.3) is 0 Å². The van der Waals surface area contributed by atoms with Crippen molar-refractivity contribution in [1.82, 2.24) is 14.5 Å². The molecular formula is C21H22N5OP. The van der Waals surface area contributed by atoms with Crippen LogP contribution in [0.1, 0.15) is 0 Å². The molecule has 4 aromatic rings. The first-order valence-corrected chi connectivity index (χ1v) is 11.5. The molecule has 142 valence electrons. The number of aromatic nitrogens is 3. The highest BCUT2D eigenvalue weighted by molar-refractivity contribution is 7.70. The normalized spacial score (nSPS) is 11.8. The second-order valence-corrected chi connectivity index (χ2v) is 10.5. The number of benzene rings is 2. The van der Waals surface area contributed by atoms with Crippen LogP contribution in [-0.2, 0) is 11.6 Å². The summed E-state index contributed by atoms with van der Waals surface area (Å²) in [4.78, 5) is 8.65. The summed E-state index contributed by atoms with van der Waals surface area (Å²) in [6.45, 7) is 3.54. The molecule has 2 aromatic heterocycles. The molecule has 6 nitrogen and oxygen atoms in total. The third-order valence-electron chi connectivity index (χ3n) is 4.96. The minimum Gasteiger partial charge on any atom is -0.399 e. The number of nitrogens with zero attached hydrogens (tertiary/aromatic N) is 3. The molecule has 4 rings (SSSR count). The molecule has 0 saturated heterocycles. The van der Waals surface area contributed by atoms with Gasteiger partial charge in [-0.05, 0) is 36.6 Å². The van der Waals surface area contributed by atoms with Gasteiger partial charge < -0.3 is 20.6 Å². The number of nitrogens with two attached hydrogens (primary N) is 2. The van der Waals surface area contributed by atoms with Crippen LogP contribution < -0.4 is 16.8 Å². The molecular weight excluding hydrogens is 369 g/mol. The maximum absolute atomic E-state index is 12.4. The van der Waals surface area contributed by atoms with Crippen LogP contribution in [0.15, 0.2) is 54.9 Å². The number of rotatable bonds is 3. The summed E-state index contributed by atoms with van der Waals surface area (Å²) in [5, 5.41) is 1.65. The number of nitrogen functional groups attached to an aromatic ring is 2. The van der Waals surface area contributed by atoms with Gasteiger partial charge in [-0.25, -0.2) is 9.97 Å². The van der Waals surface area contributed by atoms with Crippen molar-refractivity contribution in [3.05, 3.63) is 54.9 Å². The third kappa shape index (κ3) is 2.96. The van der Waals surface area contributed by atoms with E-state index in [0.717, 1.165) is 38.7 Å². The molecule has 0 atom stereocenters. The number of aryl methyl sites for hydroxylation is 1. The summed E-state index contributed by atoms with van der Waals surface area (Å²) in [5.74, 6) is 0.429. The number of hydrogen-bond donors (Lipinski definition) is 2. The molecule has 2 heterocycles. The van der Waals surface area contributed by atoms with Crippen molar-refractivity contribution in [2.24, 2.45) is 7.05 Å². The van der Waals surface area contributed by atoms with Gasteiger partial charge in [0.15, 0.2) is 0 Å². The number of anilines is 2. The fourth-order valence-corrected chi connectivity index (χ4v) is 4.39. The molecule has 28 heavy (non-hydrogen) atoms. The monoisotopic (exact) mass is 391 g/mol. The summed E-state index contributed by atoms with van der Waals surface area (Å²) in [6.07, 6.45) is 1.47. The Kier molecular flexibility index (Phi) is 4.24. The van der Waals surface area contributed by atoms with Crippen LogP contribution in [0.2, 0.25) is 0 Å². The van der Waals surface area contributed by atoms with E-state index in [-0.39, 0.29) is 0 Å². The predicted molar refractivity (Wildman–Crippen MR) is 117 cm³/mol. The Hall–Kier alpha value is -3.11. The van der Waals surface area contributed by atoms with E-state index in [0.29, 0.717) is 11.5 Å². The SMILES string of the molecule is Cn1c(-c2ccc(N)cc2)c(-c2ccc(P(C)(C)=O)cc2)c2c(N)ncnc21. The molecule has 0 aliphatic rings. The van der Waals surface area contributed by atoms with E-state index in [2.05, 4.69) is 9.97 Å². The molecule has 4 N–H and O–H groups in total. The van der Waals surface area contributed by atoms with Crippen LogP contribution in [0.4, 0.5) is 11.5 Å². The second-order valence-electron chi connectivity index (χ2n) is 7.26. The first kappa shape index (κ1) is 18.3. The molecule has 2 aromatic carbocycles. The Morgan fingerprint density at radius 3 is 2.11 bits per heavy atom. The van der Waals surface area contributed by atoms with Gasteiger partial charge in [-0.3, -0.25) is 0 Å². The van der Waals surface area contributed by atoms with Gasteiger partial charge in [0.2, 0.25) is 0 Å². The van der Waals surface area contributed by atoms with E-state index in [1.165, 1.54) is 6.33 Å². The van der Waals surface area contributed by atoms with E-state index in [1.807, 2.05) is 60.1 Å². The topological polar surface area (TPSA) is 99.8 Å². The largest absolute Gasteiger partial charge is 0.399 e. The highest BCUT2D eigenvalue weighted by atomic mass is 31.2. The average molecular weight is 391 g/mol. The first-order valence-electron chi connectivity index (χ1n) is 8.88. The van der Waals surface area contributed by atoms with E-state index < -0.39 is 7.14 Å². The van der Waals surface area contributed by atoms with Crippen LogP contribution in [0.25, 0.3) is 33.4 Å². The molecule has 0 fully saturated rings. The van der Waals surface area contributed by atoms with Crippen LogP contribution in [0.5, 0.6) is 0 Å². The minimum absolute atomic E-state index is 0.429. The van der Waals surface area contributed by atoms with Crippen molar-refractivity contribution in [2.45, 2.75) is 0 Å². The lowest BCUT2D eigenvalue weighted by Gasteiger charge is -2.11. The van der Waals surface area contributed by atoms with Crippen molar-refractivity contribution in [2.75, 3.05) is 24.8 Å². The Labute approximate surface area is 163 Å². The fourth-order valence-electron chi connectivity index (χ4n) is 3.52. The molecule has 0 bridgehead atoms. The highest BCUT2D eigenvalue weighted by Crippen LogP contribution is 2.42. The molecule has 0 spiro atoms. The van der Waals surface area contributed by atoms with Gasteiger partial charge >= 0.3 is 0 Å². The molecule has 0 aliphatic heterocycles. The third-order valence-corrected chi connectivity index (χ3v) is 6.50. The maximum atomic E-state index is 12.4. The van der Waals surface area contributed by atoms with Gasteiger partial charge in [-0.1, -0.05) is 36.4 Å². The Bertz CT molecular complexity index is 1220. The molecule has 7 heteroatoms. The maximum Gasteiger partial charge on any atom is 0.146 e. The number of hydrogen-bond acceptors (Lipinski definition) is 5. The second kappa shape index (κ2) is 6.50. The smallest absolute Gasteiger partial charge is 0.146 e. The van der Waals surface area contributed by atoms with Crippen molar-refractivity contribution in [1.29, 1.82) is 0 Å². The summed E-state index contributed by atoms with van der Waals surface area (Å²) in [5.41, 5.74) is 17.5. The van der Waals surface area contributed by atoms with E-state index in [4.69, 9.17) is 11.5 Å². The zero-order chi connectivity index (χ0) is 20.1. The molecule has 0 saturated carbocycles. The van der Waals surface area contributed by atoms with Crippen LogP contribution in [0.3, 0.4) is 0 Å². The standard InChI is InChI=1S/C21H22N5OP/c1-26-19(14-4-8-15(22)9-5-14)17(18-20(23)24-12-25-21(18)26)13-6-10-16(11-7-13)28(2,3)27/h4-12H,22H2,1-3H3,(H2,23,24,25). The van der Waals surface area contributed by atoms with E-state index in [9.17, 15) is 4.57 Å². The van der Waals surface area contributed by atoms with Gasteiger partial charge in [0.05, 0.1) is 11.1 Å². The quantitative estimate of drug-likeness (QED) is 0.410. The van der Waals surface area contributed by atoms with Gasteiger partial charge in [-0.2, -0.15) is 0 Å². The highest BCUT2D eigenvalue weighted by Gasteiger charge is 2.22. The minimum atomic E-state index is -2.33. The zero-order valence-corrected chi connectivity index (χ0v) is 16.9. The lowest BCUT2D eigenvalue weighted by molar-refractivity contribution is 0.588. The van der Waals surface area contributed by atoms with Gasteiger partial charge in [-0.15, -0.1) is 0 Å². The summed E-state index contributed by atoms with van der Waals surface area (Å²) in [7, 11) is -0.363. The first-order chi connectivity index (χ1) is 13.3. The number of fused-ring (bicyclic) bond motifs is 1. The lowest BCUT2D eigenvalue weighted by Crippen LogP contribution is -2.01. The summed E-state index contributed by atoms with van der Waals surface area (Å²) in [6, 6.07) is 15.5. The van der Waals surface area contributed by atoms with Crippen molar-refractivity contribution < 1.29 is 4.57 Å². The predicted octanol–water partition coefficient (Wildman–Crippen LogP) is 3.71. The van der Waals surface area contributed by atoms with E-state index in [1.54, 1.807) is 13.3 Å². The molecule has 0 radical (unpaired) electrons. The van der Waals surface area contributed by atoms with E-state index >= 15 is 0 Å². The fraction of sp³-hybridized carbons (Fsp3) is 0.143. The summed E-state index contributed by atoms with van der Waals surface area (Å²) >= 11 is 0.